The first-order valence-electron chi connectivity index (χ1n) is 5.88. The highest BCUT2D eigenvalue weighted by Gasteiger charge is 2.15. The van der Waals surface area contributed by atoms with Gasteiger partial charge in [-0.1, -0.05) is 12.7 Å². The molecule has 0 saturated carbocycles. The van der Waals surface area contributed by atoms with Crippen LogP contribution >= 0.6 is 0 Å². The number of hydrogen-bond acceptors (Lipinski definition) is 5. The van der Waals surface area contributed by atoms with Crippen molar-refractivity contribution in [2.24, 2.45) is 0 Å². The van der Waals surface area contributed by atoms with E-state index in [0.29, 0.717) is 29.5 Å². The lowest BCUT2D eigenvalue weighted by Crippen LogP contribution is -2.06. The summed E-state index contributed by atoms with van der Waals surface area (Å²) in [5.41, 5.74) is 8.06. The fourth-order valence-corrected chi connectivity index (χ4v) is 1.96. The van der Waals surface area contributed by atoms with E-state index >= 15 is 0 Å². The van der Waals surface area contributed by atoms with Gasteiger partial charge < -0.3 is 5.73 Å². The van der Waals surface area contributed by atoms with E-state index in [0.717, 1.165) is 5.56 Å². The average Bonchev–Trinajstić information content (AvgIpc) is 3.02. The highest BCUT2D eigenvalue weighted by molar-refractivity contribution is 5.82. The molecule has 7 heteroatoms. The number of imidazole rings is 1. The van der Waals surface area contributed by atoms with Crippen molar-refractivity contribution < 1.29 is 0 Å². The van der Waals surface area contributed by atoms with Gasteiger partial charge >= 0.3 is 0 Å². The van der Waals surface area contributed by atoms with Gasteiger partial charge in [-0.05, 0) is 6.92 Å². The number of nitrogens with zero attached hydrogens (tertiary/aromatic N) is 6. The van der Waals surface area contributed by atoms with Crippen LogP contribution in [0.2, 0.25) is 0 Å². The topological polar surface area (TPSA) is 87.4 Å². The first-order valence-corrected chi connectivity index (χ1v) is 5.88. The van der Waals surface area contributed by atoms with Crippen molar-refractivity contribution in [1.29, 1.82) is 0 Å². The third kappa shape index (κ3) is 1.67. The smallest absolute Gasteiger partial charge is 0.233 e. The second-order valence-corrected chi connectivity index (χ2v) is 4.01. The van der Waals surface area contributed by atoms with Crippen molar-refractivity contribution in [3.05, 3.63) is 30.9 Å². The molecule has 0 aliphatic rings. The summed E-state index contributed by atoms with van der Waals surface area (Å²) in [5.74, 6) is 1.03. The standard InChI is InChI=1S/C12H13N7/c1-3-8-5-16-19(6-8)12-17-9-10(13)14-7-15-11(9)18(12)4-2/h3,5-7H,1,4H2,2H3,(H2,13,14,15). The van der Waals surface area contributed by atoms with Crippen molar-refractivity contribution in [1.82, 2.24) is 29.3 Å². The predicted octanol–water partition coefficient (Wildman–Crippen LogP) is 1.26. The molecule has 0 spiro atoms. The monoisotopic (exact) mass is 255 g/mol. The van der Waals surface area contributed by atoms with Crippen molar-refractivity contribution in [3.8, 4) is 5.95 Å². The number of rotatable bonds is 3. The molecule has 0 amide bonds. The highest BCUT2D eigenvalue weighted by atomic mass is 15.4. The van der Waals surface area contributed by atoms with Crippen molar-refractivity contribution >= 4 is 23.1 Å². The van der Waals surface area contributed by atoms with Crippen molar-refractivity contribution in [3.63, 3.8) is 0 Å². The van der Waals surface area contributed by atoms with E-state index < -0.39 is 0 Å². The third-order valence-corrected chi connectivity index (χ3v) is 2.90. The van der Waals surface area contributed by atoms with E-state index in [9.17, 15) is 0 Å². The molecule has 3 heterocycles. The molecule has 0 bridgehead atoms. The van der Waals surface area contributed by atoms with Crippen LogP contribution in [-0.4, -0.2) is 29.3 Å². The lowest BCUT2D eigenvalue weighted by molar-refractivity contribution is 0.696. The van der Waals surface area contributed by atoms with Crippen molar-refractivity contribution in [2.75, 3.05) is 5.73 Å². The Kier molecular flexibility index (Phi) is 2.52. The number of nitrogen functional groups attached to an aromatic ring is 1. The average molecular weight is 255 g/mol. The minimum absolute atomic E-state index is 0.370. The van der Waals surface area contributed by atoms with Gasteiger partial charge in [-0.2, -0.15) is 5.10 Å². The highest BCUT2D eigenvalue weighted by Crippen LogP contribution is 2.20. The Balaban J connectivity index is 2.28. The maximum absolute atomic E-state index is 5.83. The maximum atomic E-state index is 5.83. The summed E-state index contributed by atoms with van der Waals surface area (Å²) in [6, 6.07) is 0. The van der Waals surface area contributed by atoms with Crippen LogP contribution in [0, 0.1) is 0 Å². The molecule has 0 aliphatic heterocycles. The molecule has 0 unspecified atom stereocenters. The predicted molar refractivity (Wildman–Crippen MR) is 72.6 cm³/mol. The Bertz CT molecular complexity index is 753. The zero-order chi connectivity index (χ0) is 13.4. The molecule has 2 N–H and O–H groups in total. The fourth-order valence-electron chi connectivity index (χ4n) is 1.96. The summed E-state index contributed by atoms with van der Waals surface area (Å²) in [4.78, 5) is 12.7. The fraction of sp³-hybridized carbons (Fsp3) is 0.167. The number of fused-ring (bicyclic) bond motifs is 1. The molecule has 0 aromatic carbocycles. The Labute approximate surface area is 109 Å². The second-order valence-electron chi connectivity index (χ2n) is 4.01. The molecule has 7 nitrogen and oxygen atoms in total. The van der Waals surface area contributed by atoms with Gasteiger partial charge in [-0.15, -0.1) is 0 Å². The lowest BCUT2D eigenvalue weighted by atomic mass is 10.4. The maximum Gasteiger partial charge on any atom is 0.233 e. The van der Waals surface area contributed by atoms with Crippen LogP contribution in [0.15, 0.2) is 25.3 Å². The number of hydrogen-bond donors (Lipinski definition) is 1. The second kappa shape index (κ2) is 4.20. The van der Waals surface area contributed by atoms with Crippen molar-refractivity contribution in [2.45, 2.75) is 13.5 Å². The third-order valence-electron chi connectivity index (χ3n) is 2.90. The van der Waals surface area contributed by atoms with Gasteiger partial charge in [0.25, 0.3) is 0 Å². The number of nitrogens with two attached hydrogens (primary N) is 1. The minimum atomic E-state index is 0.370. The summed E-state index contributed by atoms with van der Waals surface area (Å²) < 4.78 is 3.62. The molecule has 0 saturated heterocycles. The Morgan fingerprint density at radius 2 is 2.26 bits per heavy atom. The molecule has 19 heavy (non-hydrogen) atoms. The molecule has 0 fully saturated rings. The number of aryl methyl sites for hydroxylation is 1. The minimum Gasteiger partial charge on any atom is -0.382 e. The van der Waals surface area contributed by atoms with E-state index in [1.807, 2.05) is 17.7 Å². The number of aromatic nitrogens is 6. The van der Waals surface area contributed by atoms with Gasteiger partial charge in [0, 0.05) is 18.3 Å². The first kappa shape index (κ1) is 11.4. The van der Waals surface area contributed by atoms with Gasteiger partial charge in [-0.25, -0.2) is 19.6 Å². The first-order chi connectivity index (χ1) is 9.24. The van der Waals surface area contributed by atoms with E-state index in [4.69, 9.17) is 5.73 Å². The van der Waals surface area contributed by atoms with Gasteiger partial charge in [0.2, 0.25) is 5.95 Å². The summed E-state index contributed by atoms with van der Waals surface area (Å²) >= 11 is 0. The van der Waals surface area contributed by atoms with E-state index in [-0.39, 0.29) is 0 Å². The SMILES string of the molecule is C=Cc1cnn(-c2nc3c(N)ncnc3n2CC)c1. The van der Waals surface area contributed by atoms with Crippen LogP contribution < -0.4 is 5.73 Å². The van der Waals surface area contributed by atoms with Gasteiger partial charge in [0.05, 0.1) is 6.20 Å². The summed E-state index contributed by atoms with van der Waals surface area (Å²) in [7, 11) is 0. The van der Waals surface area contributed by atoms with Gasteiger partial charge in [-0.3, -0.25) is 4.57 Å². The van der Waals surface area contributed by atoms with Crippen LogP contribution in [0.25, 0.3) is 23.2 Å². The van der Waals surface area contributed by atoms with Crippen LogP contribution in [-0.2, 0) is 6.54 Å². The van der Waals surface area contributed by atoms with E-state index in [2.05, 4.69) is 26.6 Å². The van der Waals surface area contributed by atoms with Crippen LogP contribution in [0.3, 0.4) is 0 Å². The zero-order valence-electron chi connectivity index (χ0n) is 10.5. The quantitative estimate of drug-likeness (QED) is 0.761. The zero-order valence-corrected chi connectivity index (χ0v) is 10.5. The summed E-state index contributed by atoms with van der Waals surface area (Å²) in [5, 5.41) is 4.26. The summed E-state index contributed by atoms with van der Waals surface area (Å²) in [6.45, 7) is 6.44. The van der Waals surface area contributed by atoms with Crippen LogP contribution in [0.5, 0.6) is 0 Å². The Morgan fingerprint density at radius 1 is 1.42 bits per heavy atom. The van der Waals surface area contributed by atoms with E-state index in [1.165, 1.54) is 6.33 Å². The largest absolute Gasteiger partial charge is 0.382 e. The number of anilines is 1. The molecular formula is C12H13N7. The Hall–Kier alpha value is -2.70. The van der Waals surface area contributed by atoms with Crippen LogP contribution in [0.4, 0.5) is 5.82 Å². The Morgan fingerprint density at radius 3 is 2.95 bits per heavy atom. The molecule has 0 aliphatic carbocycles. The molecule has 0 atom stereocenters. The van der Waals surface area contributed by atoms with Gasteiger partial charge in [0.15, 0.2) is 17.0 Å². The molecule has 0 radical (unpaired) electrons. The molecular weight excluding hydrogens is 242 g/mol. The van der Waals surface area contributed by atoms with Gasteiger partial charge in [0.1, 0.15) is 6.33 Å². The lowest BCUT2D eigenvalue weighted by Gasteiger charge is -2.04. The van der Waals surface area contributed by atoms with Crippen LogP contribution in [0.1, 0.15) is 12.5 Å². The molecule has 96 valence electrons. The normalized spacial score (nSPS) is 11.0. The molecule has 3 rings (SSSR count). The van der Waals surface area contributed by atoms with E-state index in [1.54, 1.807) is 17.0 Å². The molecule has 3 aromatic heterocycles. The summed E-state index contributed by atoms with van der Waals surface area (Å²) in [6.07, 6.45) is 6.75. The molecule has 3 aromatic rings.